The fourth-order valence-corrected chi connectivity index (χ4v) is 3.35. The summed E-state index contributed by atoms with van der Waals surface area (Å²) in [5.41, 5.74) is 1.02. The molecule has 0 aliphatic heterocycles. The third-order valence-electron chi connectivity index (χ3n) is 4.80. The van der Waals surface area contributed by atoms with Gasteiger partial charge in [0, 0.05) is 18.2 Å². The third kappa shape index (κ3) is 4.48. The molecule has 4 aromatic rings. The van der Waals surface area contributed by atoms with Gasteiger partial charge in [-0.2, -0.15) is 5.10 Å². The van der Waals surface area contributed by atoms with Crippen molar-refractivity contribution in [2.45, 2.75) is 13.0 Å². The maximum atomic E-state index is 14.1. The zero-order valence-electron chi connectivity index (χ0n) is 18.0. The Bertz CT molecular complexity index is 1280. The molecule has 33 heavy (non-hydrogen) atoms. The van der Waals surface area contributed by atoms with Gasteiger partial charge in [-0.15, -0.1) is 0 Å². The Labute approximate surface area is 187 Å². The van der Waals surface area contributed by atoms with E-state index in [-0.39, 0.29) is 23.8 Å². The molecule has 0 aliphatic rings. The van der Waals surface area contributed by atoms with E-state index in [0.29, 0.717) is 28.3 Å². The zero-order chi connectivity index (χ0) is 23.5. The summed E-state index contributed by atoms with van der Waals surface area (Å²) in [6, 6.07) is 6.13. The molecule has 172 valence electrons. The molecule has 0 aliphatic carbocycles. The SMILES string of the molecule is COc1cc(N(CC(C)O)c2ncnc3[nH]ncc23)c(OC)cc1Oc1ccc(F)cc1F. The molecule has 11 heteroatoms. The van der Waals surface area contributed by atoms with Crippen molar-refractivity contribution in [1.82, 2.24) is 20.2 Å². The van der Waals surface area contributed by atoms with E-state index in [1.165, 1.54) is 32.7 Å². The minimum absolute atomic E-state index is 0.150. The predicted octanol–water partition coefficient (Wildman–Crippen LogP) is 3.96. The smallest absolute Gasteiger partial charge is 0.173 e. The van der Waals surface area contributed by atoms with Gasteiger partial charge in [-0.1, -0.05) is 0 Å². The van der Waals surface area contributed by atoms with E-state index in [4.69, 9.17) is 14.2 Å². The number of aromatic amines is 1. The Balaban J connectivity index is 1.83. The summed E-state index contributed by atoms with van der Waals surface area (Å²) in [5.74, 6) is -0.541. The number of fused-ring (bicyclic) bond motifs is 1. The van der Waals surface area contributed by atoms with E-state index in [0.717, 1.165) is 12.1 Å². The molecule has 0 spiro atoms. The molecule has 1 atom stereocenters. The standard InChI is InChI=1S/C22H21F2N5O4/c1-12(30)10-29(22-14-9-27-28-21(14)25-11-26-22)16-7-19(32-3)20(8-18(16)31-2)33-17-5-4-13(23)6-15(17)24/h4-9,11-12,30H,10H2,1-3H3,(H,25,26,27,28). The van der Waals surface area contributed by atoms with E-state index >= 15 is 0 Å². The fourth-order valence-electron chi connectivity index (χ4n) is 3.35. The van der Waals surface area contributed by atoms with Gasteiger partial charge in [-0.05, 0) is 19.1 Å². The van der Waals surface area contributed by atoms with Crippen LogP contribution in [0.3, 0.4) is 0 Å². The quantitative estimate of drug-likeness (QED) is 0.410. The van der Waals surface area contributed by atoms with Crippen molar-refractivity contribution in [2.75, 3.05) is 25.7 Å². The first-order valence-corrected chi connectivity index (χ1v) is 9.90. The Hall–Kier alpha value is -3.99. The van der Waals surface area contributed by atoms with Crippen LogP contribution >= 0.6 is 0 Å². The average molecular weight is 457 g/mol. The third-order valence-corrected chi connectivity index (χ3v) is 4.80. The number of benzene rings is 2. The lowest BCUT2D eigenvalue weighted by Gasteiger charge is -2.28. The molecule has 2 aromatic carbocycles. The molecular weight excluding hydrogens is 436 g/mol. The lowest BCUT2D eigenvalue weighted by atomic mass is 10.2. The van der Waals surface area contributed by atoms with E-state index in [1.54, 1.807) is 24.1 Å². The van der Waals surface area contributed by atoms with Gasteiger partial charge in [0.1, 0.15) is 23.7 Å². The highest BCUT2D eigenvalue weighted by atomic mass is 19.1. The second-order valence-corrected chi connectivity index (χ2v) is 7.14. The van der Waals surface area contributed by atoms with Crippen LogP contribution in [0, 0.1) is 11.6 Å². The molecule has 0 fully saturated rings. The Morgan fingerprint density at radius 3 is 2.52 bits per heavy atom. The number of ether oxygens (including phenoxy) is 3. The number of halogens is 2. The van der Waals surface area contributed by atoms with Crippen molar-refractivity contribution in [3.05, 3.63) is 54.5 Å². The van der Waals surface area contributed by atoms with E-state index in [1.807, 2.05) is 0 Å². The highest BCUT2D eigenvalue weighted by molar-refractivity contribution is 5.90. The van der Waals surface area contributed by atoms with Crippen molar-refractivity contribution >= 4 is 22.5 Å². The first-order chi connectivity index (χ1) is 15.9. The van der Waals surface area contributed by atoms with Gasteiger partial charge >= 0.3 is 0 Å². The van der Waals surface area contributed by atoms with Gasteiger partial charge in [0.25, 0.3) is 0 Å². The number of aromatic nitrogens is 4. The van der Waals surface area contributed by atoms with E-state index in [9.17, 15) is 13.9 Å². The number of aliphatic hydroxyl groups is 1. The molecule has 0 saturated carbocycles. The van der Waals surface area contributed by atoms with Gasteiger partial charge in [0.2, 0.25) is 0 Å². The van der Waals surface area contributed by atoms with Crippen molar-refractivity contribution in [1.29, 1.82) is 0 Å². The van der Waals surface area contributed by atoms with Crippen LogP contribution in [0.15, 0.2) is 42.9 Å². The molecule has 2 aromatic heterocycles. The lowest BCUT2D eigenvalue weighted by molar-refractivity contribution is 0.202. The van der Waals surface area contributed by atoms with Crippen LogP contribution in [0.25, 0.3) is 11.0 Å². The normalized spacial score (nSPS) is 11.9. The summed E-state index contributed by atoms with van der Waals surface area (Å²) in [5, 5.41) is 17.6. The van der Waals surface area contributed by atoms with Crippen molar-refractivity contribution < 1.29 is 28.1 Å². The molecule has 1 unspecified atom stereocenters. The maximum Gasteiger partial charge on any atom is 0.173 e. The monoisotopic (exact) mass is 457 g/mol. The van der Waals surface area contributed by atoms with Crippen LogP contribution in [0.4, 0.5) is 20.3 Å². The molecule has 4 rings (SSSR count). The molecule has 0 radical (unpaired) electrons. The number of H-pyrrole nitrogens is 1. The van der Waals surface area contributed by atoms with Crippen LogP contribution in [0.1, 0.15) is 6.92 Å². The van der Waals surface area contributed by atoms with Crippen LogP contribution in [-0.4, -0.2) is 52.1 Å². The fraction of sp³-hybridized carbons (Fsp3) is 0.227. The van der Waals surface area contributed by atoms with E-state index in [2.05, 4.69) is 20.2 Å². The van der Waals surface area contributed by atoms with Crippen LogP contribution in [0.5, 0.6) is 23.0 Å². The first-order valence-electron chi connectivity index (χ1n) is 9.90. The molecular formula is C22H21F2N5O4. The molecule has 2 N–H and O–H groups in total. The number of hydrogen-bond donors (Lipinski definition) is 2. The number of rotatable bonds is 8. The lowest BCUT2D eigenvalue weighted by Crippen LogP contribution is -2.28. The number of aliphatic hydroxyl groups excluding tert-OH is 1. The van der Waals surface area contributed by atoms with Crippen LogP contribution < -0.4 is 19.1 Å². The summed E-state index contributed by atoms with van der Waals surface area (Å²) in [6.45, 7) is 1.79. The van der Waals surface area contributed by atoms with Crippen LogP contribution in [0.2, 0.25) is 0 Å². The molecule has 0 bridgehead atoms. The Morgan fingerprint density at radius 2 is 1.82 bits per heavy atom. The van der Waals surface area contributed by atoms with Gasteiger partial charge in [-0.25, -0.2) is 18.7 Å². The minimum Gasteiger partial charge on any atom is -0.494 e. The maximum absolute atomic E-state index is 14.1. The Kier molecular flexibility index (Phi) is 6.22. The molecule has 0 amide bonds. The summed E-state index contributed by atoms with van der Waals surface area (Å²) >= 11 is 0. The van der Waals surface area contributed by atoms with Gasteiger partial charge in [0.05, 0.1) is 44.1 Å². The minimum atomic E-state index is -0.862. The predicted molar refractivity (Wildman–Crippen MR) is 116 cm³/mol. The second kappa shape index (κ2) is 9.25. The molecule has 9 nitrogen and oxygen atoms in total. The number of nitrogens with one attached hydrogen (secondary N) is 1. The Morgan fingerprint density at radius 1 is 1.03 bits per heavy atom. The second-order valence-electron chi connectivity index (χ2n) is 7.14. The number of methoxy groups -OCH3 is 2. The van der Waals surface area contributed by atoms with E-state index < -0.39 is 17.7 Å². The summed E-state index contributed by atoms with van der Waals surface area (Å²) in [6.07, 6.45) is 2.23. The van der Waals surface area contributed by atoms with Crippen molar-refractivity contribution in [2.24, 2.45) is 0 Å². The first kappa shape index (κ1) is 22.2. The molecule has 2 heterocycles. The number of hydrogen-bond acceptors (Lipinski definition) is 8. The van der Waals surface area contributed by atoms with Crippen molar-refractivity contribution in [3.8, 4) is 23.0 Å². The summed E-state index contributed by atoms with van der Waals surface area (Å²) < 4.78 is 44.1. The largest absolute Gasteiger partial charge is 0.494 e. The van der Waals surface area contributed by atoms with Gasteiger partial charge < -0.3 is 24.2 Å². The van der Waals surface area contributed by atoms with Crippen molar-refractivity contribution in [3.63, 3.8) is 0 Å². The average Bonchev–Trinajstić information content (AvgIpc) is 3.28. The summed E-state index contributed by atoms with van der Waals surface area (Å²) in [4.78, 5) is 10.3. The van der Waals surface area contributed by atoms with Crippen LogP contribution in [-0.2, 0) is 0 Å². The topological polar surface area (TPSA) is 106 Å². The highest BCUT2D eigenvalue weighted by Gasteiger charge is 2.24. The highest BCUT2D eigenvalue weighted by Crippen LogP contribution is 2.44. The number of nitrogens with zero attached hydrogens (tertiary/aromatic N) is 4. The molecule has 0 saturated heterocycles. The van der Waals surface area contributed by atoms with Gasteiger partial charge in [0.15, 0.2) is 28.7 Å². The van der Waals surface area contributed by atoms with Gasteiger partial charge in [-0.3, -0.25) is 5.10 Å². The summed E-state index contributed by atoms with van der Waals surface area (Å²) in [7, 11) is 2.89. The zero-order valence-corrected chi connectivity index (χ0v) is 18.0. The number of anilines is 2.